The van der Waals surface area contributed by atoms with Crippen molar-refractivity contribution in [1.29, 1.82) is 0 Å². The van der Waals surface area contributed by atoms with Gasteiger partial charge in [0.15, 0.2) is 0 Å². The van der Waals surface area contributed by atoms with Crippen LogP contribution in [0.4, 0.5) is 0 Å². The van der Waals surface area contributed by atoms with E-state index in [1.54, 1.807) is 0 Å². The number of hydrogen-bond acceptors (Lipinski definition) is 5. The van der Waals surface area contributed by atoms with Crippen molar-refractivity contribution in [3.05, 3.63) is 0 Å². The van der Waals surface area contributed by atoms with Crippen molar-refractivity contribution in [1.82, 2.24) is 5.32 Å². The number of carboxylic acids is 1. The minimum atomic E-state index is -1.23. The molecule has 0 amide bonds. The number of carbonyl (C=O) groups is 1. The number of morpholine rings is 1. The number of nitrogens with two attached hydrogens (primary N) is 1. The third-order valence-corrected chi connectivity index (χ3v) is 2.12. The van der Waals surface area contributed by atoms with Crippen molar-refractivity contribution in [2.24, 2.45) is 5.73 Å². The molecule has 0 aromatic rings. The lowest BCUT2D eigenvalue weighted by atomic mass is 10.1. The molecule has 0 radical (unpaired) electrons. The second-order valence-electron chi connectivity index (χ2n) is 3.85. The Bertz CT molecular complexity index is 197. The SMILES string of the molecule is CC(O)C(=O)O.CCCC1(N)CNCCO1. The Labute approximate surface area is 95.8 Å². The average molecular weight is 234 g/mol. The van der Waals surface area contributed by atoms with Gasteiger partial charge in [-0.05, 0) is 13.3 Å². The zero-order chi connectivity index (χ0) is 12.6. The molecule has 0 aliphatic carbocycles. The van der Waals surface area contributed by atoms with Gasteiger partial charge in [-0.15, -0.1) is 0 Å². The molecule has 6 heteroatoms. The minimum Gasteiger partial charge on any atom is -0.479 e. The molecule has 1 rings (SSSR count). The predicted octanol–water partition coefficient (Wildman–Crippen LogP) is -0.487. The van der Waals surface area contributed by atoms with Crippen LogP contribution in [0.1, 0.15) is 26.7 Å². The van der Waals surface area contributed by atoms with Crippen molar-refractivity contribution >= 4 is 5.97 Å². The van der Waals surface area contributed by atoms with E-state index in [1.165, 1.54) is 6.92 Å². The molecule has 5 N–H and O–H groups in total. The maximum atomic E-state index is 9.45. The van der Waals surface area contributed by atoms with E-state index in [0.29, 0.717) is 0 Å². The van der Waals surface area contributed by atoms with Gasteiger partial charge in [-0.1, -0.05) is 13.3 Å². The van der Waals surface area contributed by atoms with Gasteiger partial charge < -0.3 is 26.0 Å². The van der Waals surface area contributed by atoms with Gasteiger partial charge in [-0.3, -0.25) is 0 Å². The van der Waals surface area contributed by atoms with Crippen LogP contribution in [0.25, 0.3) is 0 Å². The fourth-order valence-electron chi connectivity index (χ4n) is 1.26. The lowest BCUT2D eigenvalue weighted by Gasteiger charge is -2.33. The standard InChI is InChI=1S/C7H16N2O.C3H6O3/c1-2-3-7(8)6-9-4-5-10-7;1-2(4)3(5)6/h9H,2-6,8H2,1H3;2,4H,1H3,(H,5,6). The van der Waals surface area contributed by atoms with Crippen LogP contribution < -0.4 is 11.1 Å². The zero-order valence-electron chi connectivity index (χ0n) is 9.90. The molecule has 1 saturated heterocycles. The lowest BCUT2D eigenvalue weighted by molar-refractivity contribution is -0.145. The summed E-state index contributed by atoms with van der Waals surface area (Å²) in [5.41, 5.74) is 5.50. The van der Waals surface area contributed by atoms with E-state index in [9.17, 15) is 4.79 Å². The van der Waals surface area contributed by atoms with E-state index in [4.69, 9.17) is 20.7 Å². The number of carboxylic acid groups (broad SMARTS) is 1. The van der Waals surface area contributed by atoms with Crippen molar-refractivity contribution in [3.8, 4) is 0 Å². The molecule has 6 nitrogen and oxygen atoms in total. The van der Waals surface area contributed by atoms with Crippen LogP contribution in [0.3, 0.4) is 0 Å². The van der Waals surface area contributed by atoms with Gasteiger partial charge in [0.1, 0.15) is 11.8 Å². The van der Waals surface area contributed by atoms with Crippen molar-refractivity contribution in [2.75, 3.05) is 19.7 Å². The highest BCUT2D eigenvalue weighted by Crippen LogP contribution is 2.12. The number of aliphatic carboxylic acids is 1. The topological polar surface area (TPSA) is 105 Å². The molecule has 0 aromatic carbocycles. The third kappa shape index (κ3) is 6.73. The summed E-state index contributed by atoms with van der Waals surface area (Å²) in [5, 5.41) is 19.0. The highest BCUT2D eigenvalue weighted by atomic mass is 16.5. The van der Waals surface area contributed by atoms with E-state index < -0.39 is 12.1 Å². The van der Waals surface area contributed by atoms with Crippen LogP contribution in [-0.4, -0.2) is 47.7 Å². The van der Waals surface area contributed by atoms with Crippen molar-refractivity contribution in [3.63, 3.8) is 0 Å². The third-order valence-electron chi connectivity index (χ3n) is 2.12. The molecule has 16 heavy (non-hydrogen) atoms. The summed E-state index contributed by atoms with van der Waals surface area (Å²) < 4.78 is 5.42. The fourth-order valence-corrected chi connectivity index (χ4v) is 1.26. The van der Waals surface area contributed by atoms with E-state index in [0.717, 1.165) is 32.5 Å². The number of nitrogens with one attached hydrogen (secondary N) is 1. The van der Waals surface area contributed by atoms with E-state index >= 15 is 0 Å². The molecule has 96 valence electrons. The first kappa shape index (κ1) is 15.3. The summed E-state index contributed by atoms with van der Waals surface area (Å²) in [7, 11) is 0. The summed E-state index contributed by atoms with van der Waals surface area (Å²) in [4.78, 5) is 9.45. The molecule has 1 aliphatic heterocycles. The molecular formula is C10H22N2O4. The molecule has 1 heterocycles. The Morgan fingerprint density at radius 3 is 2.56 bits per heavy atom. The highest BCUT2D eigenvalue weighted by molar-refractivity contribution is 5.71. The Balaban J connectivity index is 0.000000325. The maximum absolute atomic E-state index is 9.45. The Hall–Kier alpha value is -0.690. The van der Waals surface area contributed by atoms with Gasteiger partial charge in [0.2, 0.25) is 0 Å². The molecule has 1 fully saturated rings. The molecule has 2 atom stereocenters. The van der Waals surface area contributed by atoms with Crippen LogP contribution in [0.15, 0.2) is 0 Å². The van der Waals surface area contributed by atoms with Gasteiger partial charge in [0.05, 0.1) is 6.61 Å². The first-order valence-corrected chi connectivity index (χ1v) is 5.45. The monoisotopic (exact) mass is 234 g/mol. The average Bonchev–Trinajstić information content (AvgIpc) is 2.19. The predicted molar refractivity (Wildman–Crippen MR) is 60.0 cm³/mol. The van der Waals surface area contributed by atoms with Crippen LogP contribution >= 0.6 is 0 Å². The van der Waals surface area contributed by atoms with Gasteiger partial charge in [0.25, 0.3) is 0 Å². The van der Waals surface area contributed by atoms with Gasteiger partial charge in [-0.25, -0.2) is 4.79 Å². The summed E-state index contributed by atoms with van der Waals surface area (Å²) in [6.45, 7) is 5.79. The van der Waals surface area contributed by atoms with Crippen molar-refractivity contribution < 1.29 is 19.7 Å². The largest absolute Gasteiger partial charge is 0.479 e. The van der Waals surface area contributed by atoms with Gasteiger partial charge >= 0.3 is 5.97 Å². The Morgan fingerprint density at radius 2 is 2.25 bits per heavy atom. The summed E-state index contributed by atoms with van der Waals surface area (Å²) in [5.74, 6) is -1.19. The molecule has 0 aromatic heterocycles. The summed E-state index contributed by atoms with van der Waals surface area (Å²) >= 11 is 0. The maximum Gasteiger partial charge on any atom is 0.332 e. The first-order valence-electron chi connectivity index (χ1n) is 5.45. The van der Waals surface area contributed by atoms with E-state index in [2.05, 4.69) is 12.2 Å². The Morgan fingerprint density at radius 1 is 1.69 bits per heavy atom. The van der Waals surface area contributed by atoms with E-state index in [-0.39, 0.29) is 5.72 Å². The second-order valence-corrected chi connectivity index (χ2v) is 3.85. The van der Waals surface area contributed by atoms with Crippen LogP contribution in [-0.2, 0) is 9.53 Å². The minimum absolute atomic E-state index is 0.382. The van der Waals surface area contributed by atoms with Gasteiger partial charge in [0, 0.05) is 13.1 Å². The van der Waals surface area contributed by atoms with Crippen LogP contribution in [0.5, 0.6) is 0 Å². The molecule has 0 saturated carbocycles. The fraction of sp³-hybridized carbons (Fsp3) is 0.900. The second kappa shape index (κ2) is 7.56. The lowest BCUT2D eigenvalue weighted by Crippen LogP contribution is -2.56. The molecule has 0 spiro atoms. The van der Waals surface area contributed by atoms with Gasteiger partial charge in [-0.2, -0.15) is 0 Å². The van der Waals surface area contributed by atoms with E-state index in [1.807, 2.05) is 0 Å². The highest BCUT2D eigenvalue weighted by Gasteiger charge is 2.26. The Kier molecular flexibility index (Phi) is 7.24. The molecule has 2 unspecified atom stereocenters. The zero-order valence-corrected chi connectivity index (χ0v) is 9.90. The quantitative estimate of drug-likeness (QED) is 0.525. The van der Waals surface area contributed by atoms with Crippen LogP contribution in [0.2, 0.25) is 0 Å². The first-order chi connectivity index (χ1) is 7.41. The summed E-state index contributed by atoms with van der Waals surface area (Å²) in [6, 6.07) is 0. The number of ether oxygens (including phenoxy) is 1. The van der Waals surface area contributed by atoms with Crippen molar-refractivity contribution in [2.45, 2.75) is 38.5 Å². The molecular weight excluding hydrogens is 212 g/mol. The summed E-state index contributed by atoms with van der Waals surface area (Å²) in [6.07, 6.45) is 0.794. The smallest absolute Gasteiger partial charge is 0.332 e. The molecule has 1 aliphatic rings. The normalized spacial score (nSPS) is 26.5. The number of aliphatic hydroxyl groups excluding tert-OH is 1. The molecule has 0 bridgehead atoms. The number of aliphatic hydroxyl groups is 1. The number of rotatable bonds is 3. The number of hydrogen-bond donors (Lipinski definition) is 4. The van der Waals surface area contributed by atoms with Crippen LogP contribution in [0, 0.1) is 0 Å².